The summed E-state index contributed by atoms with van der Waals surface area (Å²) in [7, 11) is 0. The molecule has 1 atom stereocenters. The highest BCUT2D eigenvalue weighted by Gasteiger charge is 2.19. The summed E-state index contributed by atoms with van der Waals surface area (Å²) in [4.78, 5) is 37.0. The van der Waals surface area contributed by atoms with Crippen LogP contribution >= 0.6 is 0 Å². The van der Waals surface area contributed by atoms with Crippen LogP contribution in [-0.4, -0.2) is 37.2 Å². The van der Waals surface area contributed by atoms with Crippen LogP contribution in [0.5, 0.6) is 0 Å². The van der Waals surface area contributed by atoms with E-state index in [2.05, 4.69) is 20.8 Å². The third-order valence-electron chi connectivity index (χ3n) is 7.61. The molecular formula is C35H66O6. The molecule has 0 aliphatic carbocycles. The topological polar surface area (TPSA) is 78.9 Å². The Balaban J connectivity index is 4.31. The maximum atomic E-state index is 12.5. The number of rotatable bonds is 31. The Hall–Kier alpha value is -1.59. The molecule has 0 heterocycles. The summed E-state index contributed by atoms with van der Waals surface area (Å²) >= 11 is 0. The van der Waals surface area contributed by atoms with Gasteiger partial charge in [0.1, 0.15) is 13.2 Å². The van der Waals surface area contributed by atoms with Crippen LogP contribution in [0.15, 0.2) is 0 Å². The molecular weight excluding hydrogens is 516 g/mol. The van der Waals surface area contributed by atoms with Crippen molar-refractivity contribution in [2.24, 2.45) is 0 Å². The van der Waals surface area contributed by atoms with Gasteiger partial charge < -0.3 is 14.2 Å². The summed E-state index contributed by atoms with van der Waals surface area (Å²) in [5.74, 6) is -0.888. The highest BCUT2D eigenvalue weighted by atomic mass is 16.6. The molecule has 0 N–H and O–H groups in total. The van der Waals surface area contributed by atoms with Gasteiger partial charge in [-0.05, 0) is 19.3 Å². The van der Waals surface area contributed by atoms with Crippen LogP contribution in [0.2, 0.25) is 0 Å². The first-order valence-corrected chi connectivity index (χ1v) is 17.5. The van der Waals surface area contributed by atoms with Crippen LogP contribution in [0.1, 0.15) is 188 Å². The molecule has 0 aromatic carbocycles. The van der Waals surface area contributed by atoms with Gasteiger partial charge in [0.05, 0.1) is 0 Å². The van der Waals surface area contributed by atoms with E-state index in [0.717, 1.165) is 64.2 Å². The Morgan fingerprint density at radius 2 is 0.659 bits per heavy atom. The first kappa shape index (κ1) is 39.4. The van der Waals surface area contributed by atoms with E-state index >= 15 is 0 Å². The van der Waals surface area contributed by atoms with Crippen molar-refractivity contribution in [3.63, 3.8) is 0 Å². The Bertz CT molecular complexity index is 605. The molecule has 0 rings (SSSR count). The number of carbonyl (C=O) groups is 3. The van der Waals surface area contributed by atoms with Crippen LogP contribution in [0.3, 0.4) is 0 Å². The zero-order chi connectivity index (χ0) is 30.2. The fourth-order valence-corrected chi connectivity index (χ4v) is 4.91. The van der Waals surface area contributed by atoms with Crippen LogP contribution in [-0.2, 0) is 28.6 Å². The van der Waals surface area contributed by atoms with E-state index < -0.39 is 6.10 Å². The summed E-state index contributed by atoms with van der Waals surface area (Å²) in [6.45, 7) is 6.49. The molecule has 0 aromatic heterocycles. The molecule has 0 radical (unpaired) electrons. The summed E-state index contributed by atoms with van der Waals surface area (Å²) in [6.07, 6.45) is 26.9. The van der Waals surface area contributed by atoms with Crippen molar-refractivity contribution in [2.75, 3.05) is 13.2 Å². The molecule has 242 valence electrons. The summed E-state index contributed by atoms with van der Waals surface area (Å²) in [5.41, 5.74) is 0. The lowest BCUT2D eigenvalue weighted by Crippen LogP contribution is -2.30. The molecule has 0 aliphatic rings. The molecule has 41 heavy (non-hydrogen) atoms. The van der Waals surface area contributed by atoms with E-state index in [0.29, 0.717) is 19.3 Å². The highest BCUT2D eigenvalue weighted by molar-refractivity contribution is 5.71. The average Bonchev–Trinajstić information content (AvgIpc) is 2.96. The van der Waals surface area contributed by atoms with Crippen LogP contribution in [0.25, 0.3) is 0 Å². The number of hydrogen-bond acceptors (Lipinski definition) is 6. The lowest BCUT2D eigenvalue weighted by Gasteiger charge is -2.18. The van der Waals surface area contributed by atoms with Gasteiger partial charge in [0.15, 0.2) is 6.10 Å². The smallest absolute Gasteiger partial charge is 0.306 e. The van der Waals surface area contributed by atoms with Gasteiger partial charge >= 0.3 is 17.9 Å². The fraction of sp³-hybridized carbons (Fsp3) is 0.914. The monoisotopic (exact) mass is 582 g/mol. The molecule has 0 spiro atoms. The standard InChI is InChI=1S/C35H66O6/c1-4-7-10-13-15-17-19-22-25-28-34(37)40-31-32(30-39-33(36)27-24-21-12-9-6-3)41-35(38)29-26-23-20-18-16-14-11-8-5-2/h32H,4-31H2,1-3H3/t32-/m1/s1. The number of ether oxygens (including phenoxy) is 3. The zero-order valence-corrected chi connectivity index (χ0v) is 27.3. The molecule has 6 nitrogen and oxygen atoms in total. The van der Waals surface area contributed by atoms with Crippen LogP contribution < -0.4 is 0 Å². The van der Waals surface area contributed by atoms with Crippen molar-refractivity contribution >= 4 is 17.9 Å². The van der Waals surface area contributed by atoms with Gasteiger partial charge in [-0.3, -0.25) is 14.4 Å². The maximum Gasteiger partial charge on any atom is 0.306 e. The van der Waals surface area contributed by atoms with Gasteiger partial charge in [-0.15, -0.1) is 0 Å². The van der Waals surface area contributed by atoms with E-state index in [9.17, 15) is 14.4 Å². The predicted molar refractivity (Wildman–Crippen MR) is 169 cm³/mol. The molecule has 0 bridgehead atoms. The van der Waals surface area contributed by atoms with Gasteiger partial charge in [-0.2, -0.15) is 0 Å². The summed E-state index contributed by atoms with van der Waals surface area (Å²) < 4.78 is 16.4. The predicted octanol–water partition coefficient (Wildman–Crippen LogP) is 10.2. The number of carbonyl (C=O) groups excluding carboxylic acids is 3. The van der Waals surface area contributed by atoms with Crippen molar-refractivity contribution in [3.8, 4) is 0 Å². The molecule has 0 amide bonds. The van der Waals surface area contributed by atoms with Crippen molar-refractivity contribution in [1.82, 2.24) is 0 Å². The summed E-state index contributed by atoms with van der Waals surface area (Å²) in [6, 6.07) is 0. The normalized spacial score (nSPS) is 11.8. The van der Waals surface area contributed by atoms with Crippen molar-refractivity contribution in [2.45, 2.75) is 194 Å². The van der Waals surface area contributed by atoms with Gasteiger partial charge in [-0.25, -0.2) is 0 Å². The van der Waals surface area contributed by atoms with E-state index in [1.54, 1.807) is 0 Å². The van der Waals surface area contributed by atoms with Gasteiger partial charge in [0.2, 0.25) is 0 Å². The largest absolute Gasteiger partial charge is 0.462 e. The van der Waals surface area contributed by atoms with Gasteiger partial charge in [-0.1, -0.05) is 149 Å². The van der Waals surface area contributed by atoms with E-state index in [1.807, 2.05) is 0 Å². The molecule has 0 aromatic rings. The second-order valence-corrected chi connectivity index (χ2v) is 11.8. The molecule has 0 saturated heterocycles. The Morgan fingerprint density at radius 1 is 0.390 bits per heavy atom. The summed E-state index contributed by atoms with van der Waals surface area (Å²) in [5, 5.41) is 0. The van der Waals surface area contributed by atoms with E-state index in [-0.39, 0.29) is 31.1 Å². The lowest BCUT2D eigenvalue weighted by molar-refractivity contribution is -0.167. The first-order valence-electron chi connectivity index (χ1n) is 17.5. The van der Waals surface area contributed by atoms with E-state index in [1.165, 1.54) is 83.5 Å². The van der Waals surface area contributed by atoms with Gasteiger partial charge in [0.25, 0.3) is 0 Å². The molecule has 6 heteroatoms. The highest BCUT2D eigenvalue weighted by Crippen LogP contribution is 2.13. The second kappa shape index (κ2) is 31.3. The van der Waals surface area contributed by atoms with Crippen molar-refractivity contribution < 1.29 is 28.6 Å². The lowest BCUT2D eigenvalue weighted by atomic mass is 10.1. The third-order valence-corrected chi connectivity index (χ3v) is 7.61. The Kier molecular flexibility index (Phi) is 30.1. The number of esters is 3. The Labute approximate surface area is 253 Å². The maximum absolute atomic E-state index is 12.5. The third kappa shape index (κ3) is 29.7. The van der Waals surface area contributed by atoms with Crippen LogP contribution in [0, 0.1) is 0 Å². The SMILES string of the molecule is CCCCCCCCCCCC(=O)OC[C@@H](COC(=O)CCCCCCC)OC(=O)CCCCCCCCCCC. The second-order valence-electron chi connectivity index (χ2n) is 11.8. The first-order chi connectivity index (χ1) is 20.0. The fourth-order valence-electron chi connectivity index (χ4n) is 4.91. The number of hydrogen-bond donors (Lipinski definition) is 0. The quantitative estimate of drug-likeness (QED) is 0.0459. The molecule has 0 fully saturated rings. The van der Waals surface area contributed by atoms with Gasteiger partial charge in [0, 0.05) is 19.3 Å². The Morgan fingerprint density at radius 3 is 0.976 bits per heavy atom. The van der Waals surface area contributed by atoms with Crippen molar-refractivity contribution in [3.05, 3.63) is 0 Å². The average molecular weight is 583 g/mol. The zero-order valence-electron chi connectivity index (χ0n) is 27.3. The molecule has 0 saturated carbocycles. The minimum Gasteiger partial charge on any atom is -0.462 e. The minimum absolute atomic E-state index is 0.0659. The molecule has 0 aliphatic heterocycles. The van der Waals surface area contributed by atoms with Crippen LogP contribution in [0.4, 0.5) is 0 Å². The van der Waals surface area contributed by atoms with E-state index in [4.69, 9.17) is 14.2 Å². The number of unbranched alkanes of at least 4 members (excludes halogenated alkanes) is 20. The molecule has 0 unspecified atom stereocenters. The minimum atomic E-state index is -0.753. The van der Waals surface area contributed by atoms with Crippen molar-refractivity contribution in [1.29, 1.82) is 0 Å².